The summed E-state index contributed by atoms with van der Waals surface area (Å²) in [5, 5.41) is 19.5. The summed E-state index contributed by atoms with van der Waals surface area (Å²) in [6.07, 6.45) is 0. The highest BCUT2D eigenvalue weighted by molar-refractivity contribution is 6.23. The van der Waals surface area contributed by atoms with Gasteiger partial charge >= 0.3 is 0 Å². The second kappa shape index (κ2) is 12.4. The van der Waals surface area contributed by atoms with Gasteiger partial charge in [-0.3, -0.25) is 18.3 Å². The molecule has 294 valence electrons. The standard InChI is InChI=1S/C42H16F10N8/c43-27-29(45)33(49)37(34(50)30(27)46)57-21-13-5-1-9-17(21)25-19-11-3-7-15-23(19)59(39(25)57)41-53-55-42(56-54-41)60-24-16-8-4-12-20(24)26-18-10-2-6-14-22(18)58(40(26)60)38-35(51)31(47)28(44)32(48)36(38)52/h1-16H. The Bertz CT molecular complexity index is 3380. The van der Waals surface area contributed by atoms with Crippen LogP contribution in [0.1, 0.15) is 0 Å². The highest BCUT2D eigenvalue weighted by Crippen LogP contribution is 2.44. The Hall–Kier alpha value is -7.76. The molecule has 0 bridgehead atoms. The minimum atomic E-state index is -2.35. The number of rotatable bonds is 4. The average molecular weight is 823 g/mol. The second-order valence-electron chi connectivity index (χ2n) is 13.6. The fourth-order valence-corrected chi connectivity index (χ4v) is 8.23. The zero-order chi connectivity index (χ0) is 41.5. The fourth-order valence-electron chi connectivity index (χ4n) is 8.23. The molecule has 0 aliphatic rings. The lowest BCUT2D eigenvalue weighted by Crippen LogP contribution is -2.15. The van der Waals surface area contributed by atoms with E-state index in [1.807, 2.05) is 0 Å². The Balaban J connectivity index is 1.23. The third-order valence-electron chi connectivity index (χ3n) is 10.6. The van der Waals surface area contributed by atoms with E-state index < -0.39 is 69.5 Å². The number of hydrogen-bond acceptors (Lipinski definition) is 4. The third kappa shape index (κ3) is 4.41. The van der Waals surface area contributed by atoms with Crippen molar-refractivity contribution in [2.24, 2.45) is 0 Å². The topological polar surface area (TPSA) is 71.3 Å². The first kappa shape index (κ1) is 35.4. The van der Waals surface area contributed by atoms with Gasteiger partial charge in [0.15, 0.2) is 46.5 Å². The van der Waals surface area contributed by atoms with Gasteiger partial charge in [0.25, 0.3) is 11.9 Å². The van der Waals surface area contributed by atoms with Gasteiger partial charge in [-0.05, 0) is 24.3 Å². The van der Waals surface area contributed by atoms with E-state index in [0.717, 1.165) is 9.13 Å². The normalized spacial score (nSPS) is 12.2. The van der Waals surface area contributed by atoms with Crippen LogP contribution in [0.25, 0.3) is 88.9 Å². The van der Waals surface area contributed by atoms with Gasteiger partial charge in [-0.2, -0.15) is 0 Å². The molecule has 18 heteroatoms. The highest BCUT2D eigenvalue weighted by atomic mass is 19.2. The number of nitrogens with zero attached hydrogens (tertiary/aromatic N) is 8. The van der Waals surface area contributed by atoms with Crippen molar-refractivity contribution in [1.29, 1.82) is 0 Å². The van der Waals surface area contributed by atoms with Crippen LogP contribution >= 0.6 is 0 Å². The van der Waals surface area contributed by atoms with Crippen molar-refractivity contribution in [2.45, 2.75) is 0 Å². The van der Waals surface area contributed by atoms with Crippen LogP contribution in [-0.2, 0) is 0 Å². The summed E-state index contributed by atoms with van der Waals surface area (Å²) in [6, 6.07) is 25.4. The SMILES string of the molecule is Fc1c(F)c(F)c(-n2c3ccccc3c3c4ccccc4n(-c4nnc(-n5c6ccccc6c6c7ccccc7n(-c7c(F)c(F)c(F)c(F)c7F)c65)nn4)c32)c(F)c1F. The van der Waals surface area contributed by atoms with Crippen LogP contribution in [-0.4, -0.2) is 38.7 Å². The molecule has 11 rings (SSSR count). The predicted octanol–water partition coefficient (Wildman–Crippen LogP) is 10.7. The Kier molecular flexibility index (Phi) is 7.30. The summed E-state index contributed by atoms with van der Waals surface area (Å²) in [5.74, 6) is -22.5. The summed E-state index contributed by atoms with van der Waals surface area (Å²) in [6.45, 7) is 0. The van der Waals surface area contributed by atoms with E-state index in [2.05, 4.69) is 20.4 Å². The molecule has 0 amide bonds. The maximum Gasteiger partial charge on any atom is 0.275 e. The van der Waals surface area contributed by atoms with Crippen molar-refractivity contribution in [3.05, 3.63) is 155 Å². The largest absolute Gasteiger partial charge is 0.289 e. The smallest absolute Gasteiger partial charge is 0.275 e. The predicted molar refractivity (Wildman–Crippen MR) is 200 cm³/mol. The van der Waals surface area contributed by atoms with E-state index in [4.69, 9.17) is 0 Å². The van der Waals surface area contributed by atoms with Gasteiger partial charge in [-0.15, -0.1) is 20.4 Å². The van der Waals surface area contributed by atoms with Crippen LogP contribution in [0, 0.1) is 58.2 Å². The van der Waals surface area contributed by atoms with Gasteiger partial charge < -0.3 is 0 Å². The Morgan fingerprint density at radius 3 is 0.800 bits per heavy atom. The number of para-hydroxylation sites is 4. The van der Waals surface area contributed by atoms with Crippen molar-refractivity contribution in [2.75, 3.05) is 0 Å². The molecular formula is C42H16F10N8. The Morgan fingerprint density at radius 2 is 0.517 bits per heavy atom. The molecule has 5 aromatic heterocycles. The molecule has 8 nitrogen and oxygen atoms in total. The van der Waals surface area contributed by atoms with Gasteiger partial charge in [-0.1, -0.05) is 72.8 Å². The summed E-state index contributed by atoms with van der Waals surface area (Å²) in [4.78, 5) is 0. The molecule has 0 saturated heterocycles. The van der Waals surface area contributed by atoms with E-state index in [0.29, 0.717) is 43.4 Å². The van der Waals surface area contributed by atoms with Crippen molar-refractivity contribution in [1.82, 2.24) is 38.7 Å². The number of hydrogen-bond donors (Lipinski definition) is 0. The summed E-state index contributed by atoms with van der Waals surface area (Å²) < 4.78 is 155. The van der Waals surface area contributed by atoms with Crippen LogP contribution < -0.4 is 0 Å². The molecular weight excluding hydrogens is 806 g/mol. The van der Waals surface area contributed by atoms with Gasteiger partial charge in [0, 0.05) is 32.3 Å². The molecule has 0 aliphatic heterocycles. The molecule has 0 spiro atoms. The number of aromatic nitrogens is 8. The summed E-state index contributed by atoms with van der Waals surface area (Å²) >= 11 is 0. The molecule has 11 aromatic rings. The summed E-state index contributed by atoms with van der Waals surface area (Å²) in [7, 11) is 0. The highest BCUT2D eigenvalue weighted by Gasteiger charge is 2.34. The van der Waals surface area contributed by atoms with Crippen molar-refractivity contribution < 1.29 is 43.9 Å². The average Bonchev–Trinajstić information content (AvgIpc) is 3.99. The van der Waals surface area contributed by atoms with E-state index in [1.54, 1.807) is 72.8 Å². The first-order valence-electron chi connectivity index (χ1n) is 17.7. The van der Waals surface area contributed by atoms with Crippen LogP contribution in [0.2, 0.25) is 0 Å². The second-order valence-corrected chi connectivity index (χ2v) is 13.6. The van der Waals surface area contributed by atoms with Crippen LogP contribution in [0.5, 0.6) is 0 Å². The first-order chi connectivity index (χ1) is 29.0. The zero-order valence-electron chi connectivity index (χ0n) is 29.6. The molecule has 0 saturated carbocycles. The lowest BCUT2D eigenvalue weighted by atomic mass is 10.1. The number of benzene rings is 6. The van der Waals surface area contributed by atoms with Gasteiger partial charge in [0.05, 0.1) is 22.1 Å². The van der Waals surface area contributed by atoms with Gasteiger partial charge in [0.1, 0.15) is 22.7 Å². The summed E-state index contributed by atoms with van der Waals surface area (Å²) in [5.41, 5.74) is -2.07. The van der Waals surface area contributed by atoms with Crippen molar-refractivity contribution in [3.63, 3.8) is 0 Å². The molecule has 0 fully saturated rings. The lowest BCUT2D eigenvalue weighted by molar-refractivity contribution is 0.376. The first-order valence-corrected chi connectivity index (χ1v) is 17.7. The quantitative estimate of drug-likeness (QED) is 0.101. The molecule has 0 atom stereocenters. The van der Waals surface area contributed by atoms with Crippen LogP contribution in [0.3, 0.4) is 0 Å². The van der Waals surface area contributed by atoms with E-state index in [1.165, 1.54) is 33.4 Å². The number of fused-ring (bicyclic) bond motifs is 10. The Labute approximate surface area is 326 Å². The van der Waals surface area contributed by atoms with Crippen LogP contribution in [0.4, 0.5) is 43.9 Å². The van der Waals surface area contributed by atoms with Gasteiger partial charge in [0.2, 0.25) is 11.6 Å². The molecule has 6 aromatic carbocycles. The maximum absolute atomic E-state index is 15.7. The monoisotopic (exact) mass is 822 g/mol. The van der Waals surface area contributed by atoms with Gasteiger partial charge in [-0.25, -0.2) is 43.9 Å². The fraction of sp³-hybridized carbons (Fsp3) is 0. The van der Waals surface area contributed by atoms with E-state index in [-0.39, 0.29) is 34.2 Å². The number of halogens is 10. The minimum absolute atomic E-state index is 0.0601. The van der Waals surface area contributed by atoms with Crippen LogP contribution in [0.15, 0.2) is 97.1 Å². The molecule has 0 radical (unpaired) electrons. The van der Waals surface area contributed by atoms with E-state index in [9.17, 15) is 26.3 Å². The molecule has 0 N–H and O–H groups in total. The zero-order valence-corrected chi connectivity index (χ0v) is 29.6. The molecule has 0 unspecified atom stereocenters. The Morgan fingerprint density at radius 1 is 0.283 bits per heavy atom. The molecule has 60 heavy (non-hydrogen) atoms. The molecule has 0 aliphatic carbocycles. The van der Waals surface area contributed by atoms with Crippen molar-refractivity contribution in [3.8, 4) is 23.3 Å². The minimum Gasteiger partial charge on any atom is -0.289 e. The third-order valence-corrected chi connectivity index (χ3v) is 10.6. The molecule has 5 heterocycles. The van der Waals surface area contributed by atoms with E-state index >= 15 is 17.6 Å². The maximum atomic E-state index is 15.7. The van der Waals surface area contributed by atoms with Crippen molar-refractivity contribution >= 4 is 65.7 Å². The lowest BCUT2D eigenvalue weighted by Gasteiger charge is -2.15.